The predicted molar refractivity (Wildman–Crippen MR) is 97.2 cm³/mol. The molecule has 0 aromatic heterocycles. The summed E-state index contributed by atoms with van der Waals surface area (Å²) in [6, 6.07) is 18.3. The lowest BCUT2D eigenvalue weighted by molar-refractivity contribution is -0.121. The van der Waals surface area contributed by atoms with Crippen molar-refractivity contribution in [3.05, 3.63) is 66.2 Å². The lowest BCUT2D eigenvalue weighted by Gasteiger charge is -2.28. The van der Waals surface area contributed by atoms with Crippen molar-refractivity contribution in [2.45, 2.75) is 24.7 Å². The third-order valence-corrected chi connectivity index (χ3v) is 4.46. The third-order valence-electron chi connectivity index (χ3n) is 4.46. The van der Waals surface area contributed by atoms with Gasteiger partial charge in [-0.2, -0.15) is 5.10 Å². The summed E-state index contributed by atoms with van der Waals surface area (Å²) in [5.74, 6) is -0.0748. The Morgan fingerprint density at radius 3 is 2.28 bits per heavy atom. The highest BCUT2D eigenvalue weighted by Gasteiger charge is 2.45. The Morgan fingerprint density at radius 1 is 1.00 bits per heavy atom. The number of carbonyl (C=O) groups excluding carboxylic acids is 2. The second kappa shape index (κ2) is 7.17. The van der Waals surface area contributed by atoms with Crippen LogP contribution in [0.1, 0.15) is 24.8 Å². The summed E-state index contributed by atoms with van der Waals surface area (Å²) in [5.41, 5.74) is 9.07. The maximum absolute atomic E-state index is 13.1. The molecule has 128 valence electrons. The Hall–Kier alpha value is -3.15. The molecule has 0 radical (unpaired) electrons. The number of nitrogens with zero attached hydrogens (tertiary/aromatic N) is 1. The van der Waals surface area contributed by atoms with Crippen LogP contribution in [0, 0.1) is 0 Å². The number of rotatable bonds is 4. The van der Waals surface area contributed by atoms with Crippen LogP contribution in [0.3, 0.4) is 0 Å². The second-order valence-electron chi connectivity index (χ2n) is 6.10. The summed E-state index contributed by atoms with van der Waals surface area (Å²) in [5, 5.41) is 7.05. The third kappa shape index (κ3) is 3.68. The second-order valence-corrected chi connectivity index (χ2v) is 6.10. The van der Waals surface area contributed by atoms with Gasteiger partial charge in [-0.3, -0.25) is 4.79 Å². The average Bonchev–Trinajstić information content (AvgIpc) is 3.07. The molecule has 4 N–H and O–H groups in total. The Kier molecular flexibility index (Phi) is 4.79. The van der Waals surface area contributed by atoms with E-state index < -0.39 is 11.4 Å². The number of para-hydroxylation sites is 1. The van der Waals surface area contributed by atoms with E-state index in [1.165, 1.54) is 0 Å². The van der Waals surface area contributed by atoms with Gasteiger partial charge < -0.3 is 11.1 Å². The number of primary amides is 1. The quantitative estimate of drug-likeness (QED) is 0.748. The van der Waals surface area contributed by atoms with E-state index in [0.29, 0.717) is 19.3 Å². The molecule has 0 spiro atoms. The molecule has 0 saturated heterocycles. The molecule has 3 rings (SSSR count). The first-order valence-corrected chi connectivity index (χ1v) is 8.13. The first-order valence-electron chi connectivity index (χ1n) is 8.13. The van der Waals surface area contributed by atoms with Crippen molar-refractivity contribution >= 4 is 23.3 Å². The highest BCUT2D eigenvalue weighted by atomic mass is 16.2. The summed E-state index contributed by atoms with van der Waals surface area (Å²) in [4.78, 5) is 24.0. The van der Waals surface area contributed by atoms with Gasteiger partial charge in [0.15, 0.2) is 0 Å². The Labute approximate surface area is 146 Å². The first-order chi connectivity index (χ1) is 12.1. The first kappa shape index (κ1) is 16.7. The topological polar surface area (TPSA) is 96.6 Å². The molecular weight excluding hydrogens is 316 g/mol. The largest absolute Gasteiger partial charge is 0.350 e. The van der Waals surface area contributed by atoms with E-state index in [4.69, 9.17) is 5.73 Å². The molecule has 0 heterocycles. The van der Waals surface area contributed by atoms with E-state index in [1.54, 1.807) is 0 Å². The highest BCUT2D eigenvalue weighted by Crippen LogP contribution is 2.40. The molecule has 1 unspecified atom stereocenters. The molecule has 6 nitrogen and oxygen atoms in total. The van der Waals surface area contributed by atoms with E-state index in [-0.39, 0.29) is 5.91 Å². The summed E-state index contributed by atoms with van der Waals surface area (Å²) in [6.07, 6.45) is 1.68. The van der Waals surface area contributed by atoms with Crippen LogP contribution >= 0.6 is 0 Å². The van der Waals surface area contributed by atoms with Gasteiger partial charge in [0.25, 0.3) is 0 Å². The fourth-order valence-corrected chi connectivity index (χ4v) is 3.21. The fourth-order valence-electron chi connectivity index (χ4n) is 3.21. The number of hydrogen-bond donors (Lipinski definition) is 3. The minimum absolute atomic E-state index is 0.0748. The van der Waals surface area contributed by atoms with Gasteiger partial charge in [0, 0.05) is 17.8 Å². The zero-order valence-electron chi connectivity index (χ0n) is 13.7. The molecule has 25 heavy (non-hydrogen) atoms. The molecular formula is C19H20N4O2. The molecule has 0 aliphatic heterocycles. The van der Waals surface area contributed by atoms with Crippen molar-refractivity contribution < 1.29 is 9.59 Å². The minimum atomic E-state index is -0.713. The van der Waals surface area contributed by atoms with E-state index in [2.05, 4.69) is 15.8 Å². The van der Waals surface area contributed by atoms with Crippen LogP contribution in [0.15, 0.2) is 65.8 Å². The van der Waals surface area contributed by atoms with Gasteiger partial charge in [-0.05, 0) is 30.5 Å². The molecule has 0 bridgehead atoms. The number of hydrogen-bond acceptors (Lipinski definition) is 3. The Bertz CT molecular complexity index is 790. The van der Waals surface area contributed by atoms with Gasteiger partial charge in [0.2, 0.25) is 5.91 Å². The van der Waals surface area contributed by atoms with Gasteiger partial charge in [0.1, 0.15) is 0 Å². The summed E-state index contributed by atoms with van der Waals surface area (Å²) >= 11 is 0. The monoisotopic (exact) mass is 336 g/mol. The number of carbonyl (C=O) groups is 2. The van der Waals surface area contributed by atoms with Crippen molar-refractivity contribution in [2.24, 2.45) is 10.8 Å². The Morgan fingerprint density at radius 2 is 1.64 bits per heavy atom. The van der Waals surface area contributed by atoms with Crippen molar-refractivity contribution in [1.29, 1.82) is 0 Å². The van der Waals surface area contributed by atoms with Crippen LogP contribution in [0.4, 0.5) is 10.5 Å². The molecule has 2 aromatic rings. The normalized spacial score (nSPS) is 21.0. The molecule has 1 aliphatic rings. The van der Waals surface area contributed by atoms with Gasteiger partial charge in [-0.25, -0.2) is 10.2 Å². The number of anilines is 1. The standard InChI is InChI=1S/C19H20N4O2/c20-18(25)23-22-16-11-12-19(13-16,14-7-3-1-4-8-14)17(24)21-15-9-5-2-6-10-15/h1-10H,11-13H2,(H,21,24)(H3,20,23,25). The summed E-state index contributed by atoms with van der Waals surface area (Å²) in [7, 11) is 0. The van der Waals surface area contributed by atoms with Crippen LogP contribution in [-0.4, -0.2) is 17.6 Å². The number of nitrogens with two attached hydrogens (primary N) is 1. The van der Waals surface area contributed by atoms with Crippen LogP contribution in [-0.2, 0) is 10.2 Å². The molecule has 1 aliphatic carbocycles. The lowest BCUT2D eigenvalue weighted by atomic mass is 9.78. The maximum Gasteiger partial charge on any atom is 0.332 e. The SMILES string of the molecule is NC(=O)NN=C1CCC(C(=O)Nc2ccccc2)(c2ccccc2)C1. The van der Waals surface area contributed by atoms with E-state index in [9.17, 15) is 9.59 Å². The van der Waals surface area contributed by atoms with Crippen molar-refractivity contribution in [3.8, 4) is 0 Å². The van der Waals surface area contributed by atoms with Gasteiger partial charge in [-0.1, -0.05) is 48.5 Å². The van der Waals surface area contributed by atoms with Crippen LogP contribution in [0.25, 0.3) is 0 Å². The maximum atomic E-state index is 13.1. The molecule has 1 saturated carbocycles. The van der Waals surface area contributed by atoms with Gasteiger partial charge >= 0.3 is 6.03 Å². The molecule has 6 heteroatoms. The lowest BCUT2D eigenvalue weighted by Crippen LogP contribution is -2.38. The van der Waals surface area contributed by atoms with E-state index in [0.717, 1.165) is 17.0 Å². The average molecular weight is 336 g/mol. The van der Waals surface area contributed by atoms with Crippen molar-refractivity contribution in [1.82, 2.24) is 5.43 Å². The van der Waals surface area contributed by atoms with Gasteiger partial charge in [0.05, 0.1) is 5.41 Å². The smallest absolute Gasteiger partial charge is 0.332 e. The summed E-state index contributed by atoms with van der Waals surface area (Å²) < 4.78 is 0. The van der Waals surface area contributed by atoms with E-state index in [1.807, 2.05) is 60.7 Å². The fraction of sp³-hybridized carbons (Fsp3) is 0.211. The number of nitrogens with one attached hydrogen (secondary N) is 2. The Balaban J connectivity index is 1.90. The van der Waals surface area contributed by atoms with Gasteiger partial charge in [-0.15, -0.1) is 0 Å². The number of urea groups is 1. The molecule has 2 aromatic carbocycles. The summed E-state index contributed by atoms with van der Waals surface area (Å²) in [6.45, 7) is 0. The number of benzene rings is 2. The zero-order chi connectivity index (χ0) is 17.7. The molecule has 1 fully saturated rings. The highest BCUT2D eigenvalue weighted by molar-refractivity contribution is 6.05. The number of hydrazone groups is 1. The minimum Gasteiger partial charge on any atom is -0.350 e. The predicted octanol–water partition coefficient (Wildman–Crippen LogP) is 2.77. The van der Waals surface area contributed by atoms with Crippen LogP contribution < -0.4 is 16.5 Å². The van der Waals surface area contributed by atoms with Crippen LogP contribution in [0.5, 0.6) is 0 Å². The van der Waals surface area contributed by atoms with Crippen molar-refractivity contribution in [3.63, 3.8) is 0 Å². The van der Waals surface area contributed by atoms with Crippen molar-refractivity contribution in [2.75, 3.05) is 5.32 Å². The molecule has 3 amide bonds. The zero-order valence-corrected chi connectivity index (χ0v) is 13.7. The van der Waals surface area contributed by atoms with Crippen LogP contribution in [0.2, 0.25) is 0 Å². The molecule has 1 atom stereocenters. The number of amides is 3. The van der Waals surface area contributed by atoms with E-state index >= 15 is 0 Å².